The van der Waals surface area contributed by atoms with E-state index in [0.717, 1.165) is 43.2 Å². The number of primary amides is 1. The highest BCUT2D eigenvalue weighted by Crippen LogP contribution is 2.32. The summed E-state index contributed by atoms with van der Waals surface area (Å²) in [6, 6.07) is 18.6. The summed E-state index contributed by atoms with van der Waals surface area (Å²) in [4.78, 5) is 25.4. The number of nitrogens with two attached hydrogens (primary N) is 1. The molecule has 0 aliphatic rings. The van der Waals surface area contributed by atoms with Crippen molar-refractivity contribution in [2.45, 2.75) is 56.9 Å². The van der Waals surface area contributed by atoms with Gasteiger partial charge in [0, 0.05) is 0 Å². The molecule has 0 aliphatic heterocycles. The Morgan fingerprint density at radius 1 is 0.966 bits per heavy atom. The Hall–Kier alpha value is -2.88. The Labute approximate surface area is 174 Å². The zero-order valence-electron chi connectivity index (χ0n) is 17.3. The molecule has 0 radical (unpaired) electrons. The van der Waals surface area contributed by atoms with Crippen LogP contribution in [-0.4, -0.2) is 17.9 Å². The van der Waals surface area contributed by atoms with Gasteiger partial charge in [-0.1, -0.05) is 86.0 Å². The Morgan fingerprint density at radius 3 is 1.97 bits per heavy atom. The topological polar surface area (TPSA) is 72.2 Å². The average molecular weight is 393 g/mol. The Bertz CT molecular complexity index is 747. The number of hydrogen-bond acceptors (Lipinski definition) is 2. The predicted octanol–water partition coefficient (Wildman–Crippen LogP) is 4.49. The fraction of sp³-hybridized carbons (Fsp3) is 0.360. The smallest absolute Gasteiger partial charge is 0.240 e. The quantitative estimate of drug-likeness (QED) is 0.413. The molecule has 154 valence electrons. The zero-order chi connectivity index (χ0) is 21.1. The number of unbranched alkanes of at least 4 members (excludes halogenated alkanes) is 4. The van der Waals surface area contributed by atoms with Crippen molar-refractivity contribution in [1.29, 1.82) is 0 Å². The van der Waals surface area contributed by atoms with Gasteiger partial charge in [-0.2, -0.15) is 0 Å². The van der Waals surface area contributed by atoms with Gasteiger partial charge in [0.25, 0.3) is 0 Å². The summed E-state index contributed by atoms with van der Waals surface area (Å²) < 4.78 is 0. The Morgan fingerprint density at radius 2 is 1.48 bits per heavy atom. The Balaban J connectivity index is 2.15. The van der Waals surface area contributed by atoms with Crippen molar-refractivity contribution < 1.29 is 9.59 Å². The predicted molar refractivity (Wildman–Crippen MR) is 118 cm³/mol. The highest BCUT2D eigenvalue weighted by molar-refractivity contribution is 5.95. The fourth-order valence-electron chi connectivity index (χ4n) is 3.55. The summed E-state index contributed by atoms with van der Waals surface area (Å²) in [6.45, 7) is 5.62. The molecule has 0 saturated carbocycles. The van der Waals surface area contributed by atoms with Crippen molar-refractivity contribution in [3.8, 4) is 0 Å². The molecule has 3 N–H and O–H groups in total. The maximum Gasteiger partial charge on any atom is 0.240 e. The molecule has 0 saturated heterocycles. The van der Waals surface area contributed by atoms with E-state index in [1.54, 1.807) is 0 Å². The van der Waals surface area contributed by atoms with Gasteiger partial charge in [0.1, 0.15) is 6.04 Å². The van der Waals surface area contributed by atoms with Gasteiger partial charge in [-0.25, -0.2) is 0 Å². The summed E-state index contributed by atoms with van der Waals surface area (Å²) in [5, 5.41) is 2.93. The van der Waals surface area contributed by atoms with E-state index in [-0.39, 0.29) is 5.91 Å². The molecule has 0 bridgehead atoms. The number of nitrogens with one attached hydrogen (secondary N) is 1. The van der Waals surface area contributed by atoms with E-state index < -0.39 is 17.4 Å². The van der Waals surface area contributed by atoms with Crippen LogP contribution in [0.3, 0.4) is 0 Å². The van der Waals surface area contributed by atoms with Crippen molar-refractivity contribution in [2.75, 3.05) is 0 Å². The second-order valence-electron chi connectivity index (χ2n) is 7.57. The van der Waals surface area contributed by atoms with Crippen molar-refractivity contribution in [3.63, 3.8) is 0 Å². The van der Waals surface area contributed by atoms with Crippen LogP contribution in [0.1, 0.15) is 56.6 Å². The zero-order valence-corrected chi connectivity index (χ0v) is 17.3. The van der Waals surface area contributed by atoms with Crippen LogP contribution in [0, 0.1) is 0 Å². The summed E-state index contributed by atoms with van der Waals surface area (Å²) in [5.41, 5.74) is 6.43. The average Bonchev–Trinajstić information content (AvgIpc) is 2.75. The minimum absolute atomic E-state index is 0.217. The molecular weight excluding hydrogens is 360 g/mol. The van der Waals surface area contributed by atoms with E-state index in [2.05, 4.69) is 11.9 Å². The second-order valence-corrected chi connectivity index (χ2v) is 7.57. The number of allylic oxidation sites excluding steroid dienone is 1. The fourth-order valence-corrected chi connectivity index (χ4v) is 3.55. The van der Waals surface area contributed by atoms with Gasteiger partial charge in [0.2, 0.25) is 11.8 Å². The summed E-state index contributed by atoms with van der Waals surface area (Å²) in [7, 11) is 0. The molecule has 29 heavy (non-hydrogen) atoms. The number of carbonyl (C=O) groups is 2. The molecule has 0 heterocycles. The molecule has 0 spiro atoms. The minimum Gasteiger partial charge on any atom is -0.368 e. The lowest BCUT2D eigenvalue weighted by Crippen LogP contribution is -2.51. The van der Waals surface area contributed by atoms with Crippen molar-refractivity contribution in [3.05, 3.63) is 84.4 Å². The largest absolute Gasteiger partial charge is 0.368 e. The Kier molecular flexibility index (Phi) is 8.66. The van der Waals surface area contributed by atoms with Crippen molar-refractivity contribution in [1.82, 2.24) is 5.32 Å². The van der Waals surface area contributed by atoms with E-state index in [1.807, 2.05) is 73.7 Å². The van der Waals surface area contributed by atoms with Crippen LogP contribution in [0.2, 0.25) is 0 Å². The SMILES string of the molecule is C=CCCCCCC[C@H](NC(=O)C(C)(c1ccccc1)c1ccccc1)C(N)=O. The van der Waals surface area contributed by atoms with Crippen LogP contribution in [-0.2, 0) is 15.0 Å². The molecule has 4 heteroatoms. The van der Waals surface area contributed by atoms with Gasteiger partial charge >= 0.3 is 0 Å². The maximum absolute atomic E-state index is 13.4. The third-order valence-corrected chi connectivity index (χ3v) is 5.46. The molecule has 2 rings (SSSR count). The normalized spacial score (nSPS) is 12.2. The van der Waals surface area contributed by atoms with Gasteiger partial charge in [-0.15, -0.1) is 6.58 Å². The maximum atomic E-state index is 13.4. The third-order valence-electron chi connectivity index (χ3n) is 5.46. The van der Waals surface area contributed by atoms with E-state index >= 15 is 0 Å². The lowest BCUT2D eigenvalue weighted by atomic mass is 9.75. The van der Waals surface area contributed by atoms with Crippen molar-refractivity contribution >= 4 is 11.8 Å². The van der Waals surface area contributed by atoms with Gasteiger partial charge in [-0.3, -0.25) is 9.59 Å². The van der Waals surface area contributed by atoms with Gasteiger partial charge in [0.05, 0.1) is 5.41 Å². The molecule has 0 aliphatic carbocycles. The molecule has 2 aromatic rings. The lowest BCUT2D eigenvalue weighted by Gasteiger charge is -2.31. The van der Waals surface area contributed by atoms with Crippen LogP contribution in [0.25, 0.3) is 0 Å². The van der Waals surface area contributed by atoms with Crippen LogP contribution in [0.5, 0.6) is 0 Å². The molecule has 0 unspecified atom stereocenters. The monoisotopic (exact) mass is 392 g/mol. The standard InChI is InChI=1S/C25H32N2O2/c1-3-4-5-6-7-14-19-22(23(26)28)27-24(29)25(2,20-15-10-8-11-16-20)21-17-12-9-13-18-21/h3,8-13,15-18,22H,1,4-7,14,19H2,2H3,(H2,26,28)(H,27,29)/t22-/m0/s1. The molecule has 4 nitrogen and oxygen atoms in total. The summed E-state index contributed by atoms with van der Waals surface area (Å²) >= 11 is 0. The first-order valence-electron chi connectivity index (χ1n) is 10.3. The van der Waals surface area contributed by atoms with Gasteiger partial charge in [-0.05, 0) is 37.3 Å². The first-order valence-corrected chi connectivity index (χ1v) is 10.3. The second kappa shape index (κ2) is 11.2. The van der Waals surface area contributed by atoms with Crippen molar-refractivity contribution in [2.24, 2.45) is 5.73 Å². The molecular formula is C25H32N2O2. The van der Waals surface area contributed by atoms with E-state index in [4.69, 9.17) is 5.73 Å². The first kappa shape index (κ1) is 22.4. The number of benzene rings is 2. The van der Waals surface area contributed by atoms with E-state index in [9.17, 15) is 9.59 Å². The highest BCUT2D eigenvalue weighted by atomic mass is 16.2. The van der Waals surface area contributed by atoms with Crippen LogP contribution < -0.4 is 11.1 Å². The van der Waals surface area contributed by atoms with Gasteiger partial charge < -0.3 is 11.1 Å². The van der Waals surface area contributed by atoms with E-state index in [0.29, 0.717) is 6.42 Å². The number of hydrogen-bond donors (Lipinski definition) is 2. The molecule has 0 aromatic heterocycles. The van der Waals surface area contributed by atoms with Crippen LogP contribution in [0.15, 0.2) is 73.3 Å². The summed E-state index contributed by atoms with van der Waals surface area (Å²) in [6.07, 6.45) is 7.49. The summed E-state index contributed by atoms with van der Waals surface area (Å²) in [5.74, 6) is -0.710. The van der Waals surface area contributed by atoms with E-state index in [1.165, 1.54) is 0 Å². The molecule has 0 fully saturated rings. The first-order chi connectivity index (χ1) is 14.0. The number of amides is 2. The van der Waals surface area contributed by atoms with Crippen LogP contribution in [0.4, 0.5) is 0 Å². The number of carbonyl (C=O) groups excluding carboxylic acids is 2. The van der Waals surface area contributed by atoms with Gasteiger partial charge in [0.15, 0.2) is 0 Å². The molecule has 2 amide bonds. The molecule has 1 atom stereocenters. The minimum atomic E-state index is -0.916. The highest BCUT2D eigenvalue weighted by Gasteiger charge is 2.38. The lowest BCUT2D eigenvalue weighted by molar-refractivity contribution is -0.130. The third kappa shape index (κ3) is 6.05. The number of rotatable bonds is 12. The molecule has 2 aromatic carbocycles. The van der Waals surface area contributed by atoms with Crippen LogP contribution >= 0.6 is 0 Å².